The Morgan fingerprint density at radius 1 is 1.26 bits per heavy atom. The Bertz CT molecular complexity index is 686. The summed E-state index contributed by atoms with van der Waals surface area (Å²) in [7, 11) is 0. The molecule has 1 unspecified atom stereocenters. The van der Waals surface area contributed by atoms with Gasteiger partial charge >= 0.3 is 11.4 Å². The van der Waals surface area contributed by atoms with Crippen molar-refractivity contribution >= 4 is 17.1 Å². The van der Waals surface area contributed by atoms with Gasteiger partial charge in [-0.25, -0.2) is 0 Å². The van der Waals surface area contributed by atoms with Gasteiger partial charge in [-0.15, -0.1) is 0 Å². The average Bonchev–Trinajstić information content (AvgIpc) is 2.82. The maximum atomic E-state index is 12.3. The first-order valence-corrected chi connectivity index (χ1v) is 9.47. The van der Waals surface area contributed by atoms with E-state index < -0.39 is 11.4 Å². The van der Waals surface area contributed by atoms with Gasteiger partial charge < -0.3 is 4.18 Å². The Kier molecular flexibility index (Phi) is 3.61. The zero-order valence-electron chi connectivity index (χ0n) is 13.3. The van der Waals surface area contributed by atoms with Gasteiger partial charge in [-0.3, -0.25) is 9.35 Å². The van der Waals surface area contributed by atoms with Crippen molar-refractivity contribution in [3.63, 3.8) is 0 Å². The molecule has 2 saturated carbocycles. The van der Waals surface area contributed by atoms with E-state index in [1.165, 1.54) is 11.1 Å². The van der Waals surface area contributed by atoms with E-state index >= 15 is 0 Å². The van der Waals surface area contributed by atoms with Crippen LogP contribution in [0.3, 0.4) is 0 Å². The summed E-state index contributed by atoms with van der Waals surface area (Å²) in [5, 5.41) is 0. The predicted molar refractivity (Wildman–Crippen MR) is 87.5 cm³/mol. The Morgan fingerprint density at radius 3 is 2.87 bits per heavy atom. The van der Waals surface area contributed by atoms with E-state index in [0.717, 1.165) is 38.5 Å². The van der Waals surface area contributed by atoms with Crippen molar-refractivity contribution in [3.05, 3.63) is 29.3 Å². The van der Waals surface area contributed by atoms with E-state index in [2.05, 4.69) is 13.0 Å². The number of hydrogen-bond acceptors (Lipinski definition) is 3. The van der Waals surface area contributed by atoms with Crippen molar-refractivity contribution in [3.8, 4) is 5.75 Å². The fourth-order valence-corrected chi connectivity index (χ4v) is 5.73. The highest BCUT2D eigenvalue weighted by molar-refractivity contribution is 7.74. The van der Waals surface area contributed by atoms with Gasteiger partial charge in [0.15, 0.2) is 0 Å². The molecular formula is C18H22O4S. The van der Waals surface area contributed by atoms with Gasteiger partial charge in [-0.1, -0.05) is 13.0 Å². The summed E-state index contributed by atoms with van der Waals surface area (Å²) in [6, 6.07) is 5.77. The zero-order valence-corrected chi connectivity index (χ0v) is 14.1. The van der Waals surface area contributed by atoms with E-state index in [1.54, 1.807) is 6.07 Å². The van der Waals surface area contributed by atoms with Crippen LogP contribution in [-0.2, 0) is 22.6 Å². The summed E-state index contributed by atoms with van der Waals surface area (Å²) in [6.45, 7) is 2.19. The van der Waals surface area contributed by atoms with Crippen LogP contribution in [0, 0.1) is 17.3 Å². The van der Waals surface area contributed by atoms with Gasteiger partial charge in [0.05, 0.1) is 0 Å². The van der Waals surface area contributed by atoms with Crippen LogP contribution < -0.4 is 4.18 Å². The number of hydrogen-bond donors (Lipinski definition) is 1. The number of aryl methyl sites for hydroxylation is 1. The summed E-state index contributed by atoms with van der Waals surface area (Å²) < 4.78 is 24.6. The Labute approximate surface area is 139 Å². The summed E-state index contributed by atoms with van der Waals surface area (Å²) in [5.74, 6) is 2.59. The predicted octanol–water partition coefficient (Wildman–Crippen LogP) is 3.63. The Morgan fingerprint density at radius 2 is 2.09 bits per heavy atom. The van der Waals surface area contributed by atoms with Gasteiger partial charge in [-0.05, 0) is 73.1 Å². The monoisotopic (exact) mass is 334 g/mol. The zero-order chi connectivity index (χ0) is 16.2. The van der Waals surface area contributed by atoms with E-state index in [4.69, 9.17) is 8.74 Å². The minimum absolute atomic E-state index is 0.0878. The second-order valence-corrected chi connectivity index (χ2v) is 8.10. The first kappa shape index (κ1) is 15.3. The molecule has 5 atom stereocenters. The molecule has 124 valence electrons. The smallest absolute Gasteiger partial charge is 0.357 e. The van der Waals surface area contributed by atoms with Crippen molar-refractivity contribution in [1.82, 2.24) is 0 Å². The molecule has 0 radical (unpaired) electrons. The van der Waals surface area contributed by atoms with Crippen LogP contribution >= 0.6 is 0 Å². The van der Waals surface area contributed by atoms with Crippen molar-refractivity contribution in [2.45, 2.75) is 51.4 Å². The van der Waals surface area contributed by atoms with Crippen molar-refractivity contribution in [2.24, 2.45) is 17.3 Å². The summed E-state index contributed by atoms with van der Waals surface area (Å²) in [5.41, 5.74) is 2.51. The number of fused-ring (bicyclic) bond motifs is 5. The van der Waals surface area contributed by atoms with Gasteiger partial charge in [0.25, 0.3) is 0 Å². The molecule has 0 aliphatic heterocycles. The van der Waals surface area contributed by atoms with Crippen LogP contribution in [0.4, 0.5) is 0 Å². The molecule has 0 saturated heterocycles. The molecule has 4 nitrogen and oxygen atoms in total. The molecular weight excluding hydrogens is 312 g/mol. The highest BCUT2D eigenvalue weighted by Crippen LogP contribution is 2.59. The van der Waals surface area contributed by atoms with Crippen LogP contribution in [-0.4, -0.2) is 14.5 Å². The molecule has 0 heterocycles. The normalized spacial score (nSPS) is 36.8. The fourth-order valence-electron chi connectivity index (χ4n) is 5.46. The Hall–Kier alpha value is -1.20. The SMILES string of the molecule is C[C@]12CC[C@@H]3c4ccc(OS(=O)O)cc4CC[C@H]3[C@@H]1CCC2=O. The Balaban J connectivity index is 1.65. The van der Waals surface area contributed by atoms with E-state index in [0.29, 0.717) is 29.3 Å². The van der Waals surface area contributed by atoms with Crippen LogP contribution in [0.5, 0.6) is 5.75 Å². The molecule has 5 heteroatoms. The molecule has 4 rings (SSSR count). The van der Waals surface area contributed by atoms with E-state index in [1.807, 2.05) is 6.07 Å². The van der Waals surface area contributed by atoms with Gasteiger partial charge in [0.2, 0.25) is 0 Å². The van der Waals surface area contributed by atoms with Crippen molar-refractivity contribution < 1.29 is 17.7 Å². The summed E-state index contributed by atoms with van der Waals surface area (Å²) in [6.07, 6.45) is 5.95. The first-order valence-electron chi connectivity index (χ1n) is 8.44. The standard InChI is InChI=1S/C18H22O4S/c1-18-9-8-14-13-5-3-12(22-23(20)21)10-11(13)2-4-15(14)16(18)6-7-17(18)19/h3,5,10,14-16H,2,4,6-9H2,1H3,(H,20,21)/t14-,15-,16+,18+/m1/s1. The third kappa shape index (κ3) is 2.36. The molecule has 1 N–H and O–H groups in total. The largest absolute Gasteiger partial charge is 0.380 e. The lowest BCUT2D eigenvalue weighted by atomic mass is 9.55. The highest BCUT2D eigenvalue weighted by atomic mass is 32.2. The molecule has 2 fully saturated rings. The molecule has 23 heavy (non-hydrogen) atoms. The molecule has 0 amide bonds. The minimum atomic E-state index is -2.28. The summed E-state index contributed by atoms with van der Waals surface area (Å²) >= 11 is -2.28. The summed E-state index contributed by atoms with van der Waals surface area (Å²) in [4.78, 5) is 12.3. The maximum absolute atomic E-state index is 12.3. The van der Waals surface area contributed by atoms with Gasteiger partial charge in [0.1, 0.15) is 11.5 Å². The second-order valence-electron chi connectivity index (χ2n) is 7.49. The molecule has 0 spiro atoms. The molecule has 0 bridgehead atoms. The van der Waals surface area contributed by atoms with Crippen molar-refractivity contribution in [1.29, 1.82) is 0 Å². The topological polar surface area (TPSA) is 63.6 Å². The van der Waals surface area contributed by atoms with Crippen LogP contribution in [0.1, 0.15) is 56.1 Å². The molecule has 1 aromatic rings. The molecule has 1 aromatic carbocycles. The lowest BCUT2D eigenvalue weighted by Crippen LogP contribution is -2.42. The number of carbonyl (C=O) groups is 1. The highest BCUT2D eigenvalue weighted by Gasteiger charge is 2.54. The van der Waals surface area contributed by atoms with Crippen LogP contribution in [0.25, 0.3) is 0 Å². The molecule has 0 aromatic heterocycles. The van der Waals surface area contributed by atoms with Crippen LogP contribution in [0.2, 0.25) is 0 Å². The second kappa shape index (κ2) is 5.42. The van der Waals surface area contributed by atoms with E-state index in [9.17, 15) is 9.00 Å². The average molecular weight is 334 g/mol. The van der Waals surface area contributed by atoms with E-state index in [-0.39, 0.29) is 5.41 Å². The lowest BCUT2D eigenvalue weighted by molar-refractivity contribution is -0.129. The fraction of sp³-hybridized carbons (Fsp3) is 0.611. The first-order chi connectivity index (χ1) is 11.0. The minimum Gasteiger partial charge on any atom is -0.380 e. The van der Waals surface area contributed by atoms with Crippen molar-refractivity contribution in [2.75, 3.05) is 0 Å². The quantitative estimate of drug-likeness (QED) is 0.839. The molecule has 3 aliphatic carbocycles. The lowest BCUT2D eigenvalue weighted by Gasteiger charge is -2.48. The molecule has 3 aliphatic rings. The number of Topliss-reactive ketones (excluding diaryl/α,β-unsaturated/α-hetero) is 1. The van der Waals surface area contributed by atoms with Gasteiger partial charge in [0, 0.05) is 11.8 Å². The number of benzene rings is 1. The third-order valence-electron chi connectivity index (χ3n) is 6.57. The van der Waals surface area contributed by atoms with Gasteiger partial charge in [-0.2, -0.15) is 4.21 Å². The number of rotatable bonds is 2. The van der Waals surface area contributed by atoms with Crippen LogP contribution in [0.15, 0.2) is 18.2 Å². The third-order valence-corrected chi connectivity index (χ3v) is 6.91. The number of ketones is 1. The number of carbonyl (C=O) groups excluding carboxylic acids is 1. The maximum Gasteiger partial charge on any atom is 0.357 e.